The first-order valence-corrected chi connectivity index (χ1v) is 5.75. The van der Waals surface area contributed by atoms with Crippen LogP contribution in [0.15, 0.2) is 59.0 Å². The minimum atomic E-state index is -0.0996. The molecule has 0 bridgehead atoms. The van der Waals surface area contributed by atoms with Gasteiger partial charge in [-0.1, -0.05) is 42.5 Å². The predicted molar refractivity (Wildman–Crippen MR) is 68.5 cm³/mol. The van der Waals surface area contributed by atoms with E-state index >= 15 is 0 Å². The average Bonchev–Trinajstić information content (AvgIpc) is 2.84. The van der Waals surface area contributed by atoms with Gasteiger partial charge in [0.15, 0.2) is 5.58 Å². The lowest BCUT2D eigenvalue weighted by Gasteiger charge is -1.96. The van der Waals surface area contributed by atoms with E-state index in [0.29, 0.717) is 17.5 Å². The van der Waals surface area contributed by atoms with E-state index in [-0.39, 0.29) is 11.7 Å². The predicted octanol–water partition coefficient (Wildman–Crippen LogP) is 3.25. The van der Waals surface area contributed by atoms with Crippen molar-refractivity contribution in [1.82, 2.24) is 4.98 Å². The Labute approximate surface area is 104 Å². The third kappa shape index (κ3) is 2.02. The molecule has 0 spiro atoms. The van der Waals surface area contributed by atoms with Crippen LogP contribution in [0, 0.1) is 0 Å². The zero-order valence-corrected chi connectivity index (χ0v) is 9.67. The van der Waals surface area contributed by atoms with Crippen molar-refractivity contribution in [3.8, 4) is 0 Å². The monoisotopic (exact) mass is 237 g/mol. The number of oxazole rings is 1. The number of aromatic nitrogens is 1. The molecule has 3 heteroatoms. The summed E-state index contributed by atoms with van der Waals surface area (Å²) in [7, 11) is 0. The second-order valence-electron chi connectivity index (χ2n) is 4.07. The van der Waals surface area contributed by atoms with Crippen molar-refractivity contribution in [3.05, 3.63) is 66.1 Å². The second kappa shape index (κ2) is 4.45. The number of carbonyl (C=O) groups excluding carboxylic acids is 1. The standard InChI is InChI=1S/C15H11NO2/c17-13(10-11-6-2-1-3-7-11)15-16-12-8-4-5-9-14(12)18-15/h1-9H,10H2. The molecule has 0 saturated carbocycles. The Hall–Kier alpha value is -2.42. The van der Waals surface area contributed by atoms with Crippen LogP contribution in [0.4, 0.5) is 0 Å². The molecular formula is C15H11NO2. The number of Topliss-reactive ketones (excluding diaryl/α,β-unsaturated/α-hetero) is 1. The van der Waals surface area contributed by atoms with E-state index in [9.17, 15) is 4.79 Å². The Kier molecular flexibility index (Phi) is 2.65. The molecule has 18 heavy (non-hydrogen) atoms. The summed E-state index contributed by atoms with van der Waals surface area (Å²) < 4.78 is 5.44. The van der Waals surface area contributed by atoms with E-state index in [1.807, 2.05) is 54.6 Å². The van der Waals surface area contributed by atoms with Gasteiger partial charge in [-0.3, -0.25) is 4.79 Å². The van der Waals surface area contributed by atoms with Gasteiger partial charge in [-0.25, -0.2) is 4.98 Å². The average molecular weight is 237 g/mol. The summed E-state index contributed by atoms with van der Waals surface area (Å²) in [5, 5.41) is 0. The summed E-state index contributed by atoms with van der Waals surface area (Å²) in [5.41, 5.74) is 2.33. The highest BCUT2D eigenvalue weighted by Gasteiger charge is 2.14. The lowest BCUT2D eigenvalue weighted by molar-refractivity contribution is 0.0962. The SMILES string of the molecule is O=C(Cc1ccccc1)c1nc2ccccc2o1. The molecule has 0 unspecified atom stereocenters. The van der Waals surface area contributed by atoms with E-state index in [1.54, 1.807) is 0 Å². The van der Waals surface area contributed by atoms with E-state index in [0.717, 1.165) is 5.56 Å². The Bertz CT molecular complexity index is 653. The molecule has 0 N–H and O–H groups in total. The third-order valence-electron chi connectivity index (χ3n) is 2.74. The number of rotatable bonds is 3. The van der Waals surface area contributed by atoms with Crippen LogP contribution in [0.1, 0.15) is 16.2 Å². The quantitative estimate of drug-likeness (QED) is 0.657. The maximum absolute atomic E-state index is 12.0. The summed E-state index contributed by atoms with van der Waals surface area (Å²) >= 11 is 0. The highest BCUT2D eigenvalue weighted by molar-refractivity contribution is 5.95. The van der Waals surface area contributed by atoms with Gasteiger partial charge in [0.2, 0.25) is 5.78 Å². The number of nitrogens with zero attached hydrogens (tertiary/aromatic N) is 1. The first kappa shape index (κ1) is 10.7. The lowest BCUT2D eigenvalue weighted by atomic mass is 10.1. The fourth-order valence-corrected chi connectivity index (χ4v) is 1.85. The molecule has 0 aliphatic heterocycles. The number of benzene rings is 2. The summed E-state index contributed by atoms with van der Waals surface area (Å²) in [6.07, 6.45) is 0.313. The van der Waals surface area contributed by atoms with Gasteiger partial charge in [0.1, 0.15) is 5.52 Å². The van der Waals surface area contributed by atoms with Gasteiger partial charge >= 0.3 is 0 Å². The third-order valence-corrected chi connectivity index (χ3v) is 2.74. The van der Waals surface area contributed by atoms with Crippen molar-refractivity contribution in [2.24, 2.45) is 0 Å². The van der Waals surface area contributed by atoms with Crippen LogP contribution in [-0.2, 0) is 6.42 Å². The summed E-state index contributed by atoms with van der Waals surface area (Å²) in [6.45, 7) is 0. The van der Waals surface area contributed by atoms with Gasteiger partial charge in [0.05, 0.1) is 0 Å². The molecule has 0 radical (unpaired) electrons. The Morgan fingerprint density at radius 3 is 2.50 bits per heavy atom. The molecule has 2 aromatic carbocycles. The van der Waals surface area contributed by atoms with Crippen molar-refractivity contribution in [2.45, 2.75) is 6.42 Å². The number of carbonyl (C=O) groups is 1. The van der Waals surface area contributed by atoms with Crippen LogP contribution in [0.2, 0.25) is 0 Å². The van der Waals surface area contributed by atoms with Crippen LogP contribution in [0.5, 0.6) is 0 Å². The van der Waals surface area contributed by atoms with Gasteiger partial charge in [-0.2, -0.15) is 0 Å². The number of hydrogen-bond acceptors (Lipinski definition) is 3. The van der Waals surface area contributed by atoms with Crippen LogP contribution in [0.3, 0.4) is 0 Å². The van der Waals surface area contributed by atoms with Crippen LogP contribution in [0.25, 0.3) is 11.1 Å². The molecular weight excluding hydrogens is 226 g/mol. The van der Waals surface area contributed by atoms with Crippen LogP contribution >= 0.6 is 0 Å². The number of fused-ring (bicyclic) bond motifs is 1. The fraction of sp³-hybridized carbons (Fsp3) is 0.0667. The van der Waals surface area contributed by atoms with E-state index < -0.39 is 0 Å². The minimum Gasteiger partial charge on any atom is -0.434 e. The molecule has 0 amide bonds. The maximum atomic E-state index is 12.0. The topological polar surface area (TPSA) is 43.1 Å². The van der Waals surface area contributed by atoms with E-state index in [2.05, 4.69) is 4.98 Å². The molecule has 0 saturated heterocycles. The summed E-state index contributed by atoms with van der Waals surface area (Å²) in [4.78, 5) is 16.2. The molecule has 3 aromatic rings. The molecule has 1 aromatic heterocycles. The molecule has 3 nitrogen and oxygen atoms in total. The Balaban J connectivity index is 1.88. The normalized spacial score (nSPS) is 10.7. The highest BCUT2D eigenvalue weighted by Crippen LogP contribution is 2.16. The van der Waals surface area contributed by atoms with Crippen molar-refractivity contribution in [2.75, 3.05) is 0 Å². The van der Waals surface area contributed by atoms with Gasteiger partial charge in [0.25, 0.3) is 5.89 Å². The summed E-state index contributed by atoms with van der Waals surface area (Å²) in [6, 6.07) is 17.0. The lowest BCUT2D eigenvalue weighted by Crippen LogP contribution is -2.03. The Morgan fingerprint density at radius 1 is 1.00 bits per heavy atom. The molecule has 0 atom stereocenters. The van der Waals surface area contributed by atoms with E-state index in [1.165, 1.54) is 0 Å². The maximum Gasteiger partial charge on any atom is 0.264 e. The Morgan fingerprint density at radius 2 is 1.72 bits per heavy atom. The van der Waals surface area contributed by atoms with Gasteiger partial charge in [0, 0.05) is 6.42 Å². The number of ketones is 1. The van der Waals surface area contributed by atoms with E-state index in [4.69, 9.17) is 4.42 Å². The molecule has 0 aliphatic rings. The van der Waals surface area contributed by atoms with Crippen LogP contribution in [-0.4, -0.2) is 10.8 Å². The molecule has 0 fully saturated rings. The smallest absolute Gasteiger partial charge is 0.264 e. The van der Waals surface area contributed by atoms with Crippen molar-refractivity contribution in [1.29, 1.82) is 0 Å². The zero-order valence-electron chi connectivity index (χ0n) is 9.67. The zero-order chi connectivity index (χ0) is 12.4. The largest absolute Gasteiger partial charge is 0.434 e. The number of para-hydroxylation sites is 2. The summed E-state index contributed by atoms with van der Waals surface area (Å²) in [5.74, 6) is 0.0810. The molecule has 3 rings (SSSR count). The highest BCUT2D eigenvalue weighted by atomic mass is 16.4. The van der Waals surface area contributed by atoms with Crippen molar-refractivity contribution < 1.29 is 9.21 Å². The molecule has 1 heterocycles. The van der Waals surface area contributed by atoms with Gasteiger partial charge in [-0.15, -0.1) is 0 Å². The van der Waals surface area contributed by atoms with Crippen LogP contribution < -0.4 is 0 Å². The van der Waals surface area contributed by atoms with Gasteiger partial charge < -0.3 is 4.42 Å². The van der Waals surface area contributed by atoms with Crippen molar-refractivity contribution in [3.63, 3.8) is 0 Å². The minimum absolute atomic E-state index is 0.0996. The van der Waals surface area contributed by atoms with Gasteiger partial charge in [-0.05, 0) is 17.7 Å². The first-order valence-electron chi connectivity index (χ1n) is 5.75. The first-order chi connectivity index (χ1) is 8.83. The van der Waals surface area contributed by atoms with Crippen molar-refractivity contribution >= 4 is 16.9 Å². The molecule has 88 valence electrons. The fourth-order valence-electron chi connectivity index (χ4n) is 1.85. The molecule has 0 aliphatic carbocycles. The number of hydrogen-bond donors (Lipinski definition) is 0. The second-order valence-corrected chi connectivity index (χ2v) is 4.07.